The molecule has 24 N–H and O–H groups in total. The van der Waals surface area contributed by atoms with Crippen LogP contribution in [0.5, 0.6) is 0 Å². The summed E-state index contributed by atoms with van der Waals surface area (Å²) in [5.41, 5.74) is 0. The van der Waals surface area contributed by atoms with Crippen molar-refractivity contribution in [3.05, 3.63) is 12.2 Å². The summed E-state index contributed by atoms with van der Waals surface area (Å²) in [5.74, 6) is -16.1. The van der Waals surface area contributed by atoms with Gasteiger partial charge in [0.25, 0.3) is 11.6 Å². The van der Waals surface area contributed by atoms with Gasteiger partial charge in [-0.05, 0) is 26.2 Å². The van der Waals surface area contributed by atoms with E-state index in [0.29, 0.717) is 12.8 Å². The fraction of sp³-hybridized carbons (Fsp3) is 0.908. The summed E-state index contributed by atoms with van der Waals surface area (Å²) < 4.78 is 72.8. The maximum absolute atomic E-state index is 14.1. The predicted octanol–water partition coefficient (Wildman–Crippen LogP) is -2.00. The van der Waals surface area contributed by atoms with E-state index < -0.39 is 308 Å². The van der Waals surface area contributed by atoms with Crippen LogP contribution in [0.2, 0.25) is 0 Å². The lowest BCUT2D eigenvalue weighted by Gasteiger charge is -2.53. The Morgan fingerprint density at radius 3 is 1.22 bits per heavy atom. The maximum atomic E-state index is 14.1. The first-order valence-corrected chi connectivity index (χ1v) is 46.4. The van der Waals surface area contributed by atoms with Gasteiger partial charge >= 0.3 is 11.9 Å². The van der Waals surface area contributed by atoms with Crippen molar-refractivity contribution in [3.8, 4) is 0 Å². The molecule has 34 atom stereocenters. The SMILES string of the molecule is CCCCCCCCCCCCC/C=C/[C@@H](O)[C@H](CO[C@@H]1O[C@H](CO)[C@@H](O[C@@H]2O[C@H](CO)[C@H](O[C@@H]3O[C@H](CO)[C@H](O)[C@H](O[C@@H]4O[C@H](CO)[C@H](O)[C@H](O[C@]5(C(=O)O)C[C@H](O)[C@@H](NC(C)=O)C([C@H](O)[C@H](O)CO)O5)[C@H]4O)[C@H]3CC(C)=O)[C@H](O[C@]3(C(=O)O)C[C@H](O)[C@@H](NC(C)=O)C([C@H](O)[C@H](O)CO)O3)[C@H]2O)[C@H](O)[C@H]1O)NC(=O)CCCCCCCCCCCCCCCCCCC. The van der Waals surface area contributed by atoms with E-state index in [4.69, 9.17) is 56.8 Å². The highest BCUT2D eigenvalue weighted by molar-refractivity contribution is 5.78. The molecule has 0 saturated carbocycles. The lowest BCUT2D eigenvalue weighted by atomic mass is 9.86. The molecule has 0 bridgehead atoms. The quantitative estimate of drug-likeness (QED) is 0.0231. The number of hydrogen-bond donors (Lipinski definition) is 24. The molecular formula is C87H153N3O39. The number of aliphatic hydroxyl groups is 19. The van der Waals surface area contributed by atoms with E-state index in [2.05, 4.69) is 29.8 Å². The lowest BCUT2D eigenvalue weighted by Crippen LogP contribution is -2.71. The number of carboxylic acid groups (broad SMARTS) is 2. The molecule has 0 radical (unpaired) electrons. The van der Waals surface area contributed by atoms with E-state index >= 15 is 0 Å². The third-order valence-electron chi connectivity index (χ3n) is 24.9. The Morgan fingerprint density at radius 1 is 0.426 bits per heavy atom. The van der Waals surface area contributed by atoms with E-state index in [9.17, 15) is 136 Å². The predicted molar refractivity (Wildman–Crippen MR) is 450 cm³/mol. The van der Waals surface area contributed by atoms with Gasteiger partial charge in [-0.15, -0.1) is 0 Å². The number of aliphatic hydroxyl groups excluding tert-OH is 19. The van der Waals surface area contributed by atoms with E-state index in [1.165, 1.54) is 115 Å². The minimum absolute atomic E-state index is 0.0983. The number of rotatable bonds is 62. The van der Waals surface area contributed by atoms with Crippen LogP contribution in [-0.4, -0.2) is 390 Å². The Bertz CT molecular complexity index is 3230. The van der Waals surface area contributed by atoms with Gasteiger partial charge in [0.05, 0.1) is 88.8 Å². The molecule has 6 aliphatic heterocycles. The summed E-state index contributed by atoms with van der Waals surface area (Å²) in [4.78, 5) is 79.8. The zero-order valence-corrected chi connectivity index (χ0v) is 75.2. The van der Waals surface area contributed by atoms with Gasteiger partial charge in [0.1, 0.15) is 128 Å². The molecular weight excluding hydrogens is 1710 g/mol. The van der Waals surface area contributed by atoms with Crippen molar-refractivity contribution in [3.63, 3.8) is 0 Å². The minimum atomic E-state index is -3.48. The fourth-order valence-corrected chi connectivity index (χ4v) is 17.5. The van der Waals surface area contributed by atoms with Crippen LogP contribution in [0.15, 0.2) is 12.2 Å². The molecule has 6 heterocycles. The molecule has 6 saturated heterocycles. The normalized spacial score (nSPS) is 34.8. The molecule has 0 aromatic carbocycles. The Labute approximate surface area is 753 Å². The molecule has 0 aliphatic carbocycles. The second-order valence-corrected chi connectivity index (χ2v) is 35.3. The number of carbonyl (C=O) groups excluding carboxylic acids is 4. The first kappa shape index (κ1) is 113. The Kier molecular flexibility index (Phi) is 51.1. The first-order valence-electron chi connectivity index (χ1n) is 46.4. The Morgan fingerprint density at radius 2 is 0.798 bits per heavy atom. The number of aliphatic carboxylic acids is 2. The molecule has 42 heteroatoms. The van der Waals surface area contributed by atoms with Crippen LogP contribution < -0.4 is 16.0 Å². The molecule has 3 amide bonds. The van der Waals surface area contributed by atoms with Gasteiger partial charge in [0, 0.05) is 45.4 Å². The van der Waals surface area contributed by atoms with Gasteiger partial charge in [-0.3, -0.25) is 14.4 Å². The summed E-state index contributed by atoms with van der Waals surface area (Å²) in [6, 6.07) is -4.77. The highest BCUT2D eigenvalue weighted by Crippen LogP contribution is 2.44. The topological polar surface area (TPSA) is 674 Å². The second kappa shape index (κ2) is 58.2. The van der Waals surface area contributed by atoms with E-state index in [1.54, 1.807) is 6.08 Å². The van der Waals surface area contributed by atoms with Crippen LogP contribution in [0, 0.1) is 5.92 Å². The fourth-order valence-electron chi connectivity index (χ4n) is 17.5. The third-order valence-corrected chi connectivity index (χ3v) is 24.9. The summed E-state index contributed by atoms with van der Waals surface area (Å²) in [7, 11) is 0. The van der Waals surface area contributed by atoms with Gasteiger partial charge in [-0.1, -0.05) is 193 Å². The number of hydrogen-bond acceptors (Lipinski definition) is 37. The van der Waals surface area contributed by atoms with Crippen LogP contribution in [0.1, 0.15) is 247 Å². The number of ether oxygens (including phenoxy) is 12. The number of allylic oxidation sites excluding steroid dienone is 1. The zero-order chi connectivity index (χ0) is 95.2. The first-order chi connectivity index (χ1) is 61.6. The number of carbonyl (C=O) groups is 6. The molecule has 2 unspecified atom stereocenters. The van der Waals surface area contributed by atoms with Crippen molar-refractivity contribution in [2.45, 2.75) is 448 Å². The Hall–Kier alpha value is -4.48. The Balaban J connectivity index is 1.29. The summed E-state index contributed by atoms with van der Waals surface area (Å²) in [6.07, 6.45) is -29.6. The van der Waals surface area contributed by atoms with Gasteiger partial charge in [0.2, 0.25) is 17.7 Å². The van der Waals surface area contributed by atoms with Crippen LogP contribution >= 0.6 is 0 Å². The van der Waals surface area contributed by atoms with Gasteiger partial charge in [0.15, 0.2) is 25.2 Å². The number of carboxylic acids is 2. The van der Waals surface area contributed by atoms with Crippen LogP contribution in [-0.2, 0) is 85.6 Å². The van der Waals surface area contributed by atoms with Crippen LogP contribution in [0.25, 0.3) is 0 Å². The largest absolute Gasteiger partial charge is 0.477 e. The molecule has 6 aliphatic rings. The highest BCUT2D eigenvalue weighted by atomic mass is 16.8. The van der Waals surface area contributed by atoms with E-state index in [0.717, 1.165) is 85.0 Å². The molecule has 0 spiro atoms. The number of Topliss-reactive ketones (excluding diaryl/α,β-unsaturated/α-hetero) is 1. The van der Waals surface area contributed by atoms with E-state index in [1.807, 2.05) is 0 Å². The van der Waals surface area contributed by atoms with Crippen molar-refractivity contribution in [2.24, 2.45) is 5.92 Å². The molecule has 0 aromatic rings. The third kappa shape index (κ3) is 33.7. The molecule has 750 valence electrons. The van der Waals surface area contributed by atoms with Gasteiger partial charge < -0.3 is 185 Å². The van der Waals surface area contributed by atoms with E-state index in [-0.39, 0.29) is 6.42 Å². The van der Waals surface area contributed by atoms with Crippen molar-refractivity contribution in [1.82, 2.24) is 16.0 Å². The summed E-state index contributed by atoms with van der Waals surface area (Å²) in [5, 5.41) is 245. The molecule has 0 aromatic heterocycles. The van der Waals surface area contributed by atoms with Crippen molar-refractivity contribution in [2.75, 3.05) is 46.2 Å². The smallest absolute Gasteiger partial charge is 0.364 e. The average Bonchev–Trinajstić information content (AvgIpc) is 0.720. The average molecular weight is 1870 g/mol. The number of nitrogens with one attached hydrogen (secondary N) is 3. The highest BCUT2D eigenvalue weighted by Gasteiger charge is 2.64. The van der Waals surface area contributed by atoms with Gasteiger partial charge in [-0.25, -0.2) is 9.59 Å². The standard InChI is InChI=1S/C87H153N3O39/c1-6-8-10-12-14-16-18-20-21-22-23-25-27-29-31-33-35-37-62(105)90-52(53(100)36-34-32-30-28-26-24-19-17-15-13-11-9-7-2)47-118-81-70(111)69(110)74(60(45-95)121-81)124-83-72(113)79(129-87(85(116)117)40-55(102)64(89-50(5)99)77(127-87)66(107)57(104)42-92)75(61(46-96)122-83)125-80-51(38-48(3)97)73(67(108)58(43-93)119-80)123-82-71(112)78(68(109)59(44-94)120-82)128-86(84(114)115)39-54(101)63(88-49(4)98)76(126-86)65(106)56(103)41-91/h34,36,51-61,63-83,91-96,100-104,106-113H,6-33,35,37-47H2,1-5H3,(H,88,98)(H,89,99)(H,90,105)(H,114,115)(H,116,117)/b36-34+/t51-,52+,53-,54+,55+,56-,57-,58-,59-,60-,61-,63-,64-,65-,66-,67+,68+,69-,70-,71-,72-,73-,74-,75+,76?,77?,78+,79-,80+,81-,82+,83+,86+,87+/m1/s1. The monoisotopic (exact) mass is 1860 g/mol. The molecule has 129 heavy (non-hydrogen) atoms. The zero-order valence-electron chi connectivity index (χ0n) is 75.2. The molecule has 42 nitrogen and oxygen atoms in total. The second-order valence-electron chi connectivity index (χ2n) is 35.3. The minimum Gasteiger partial charge on any atom is -0.477 e. The summed E-state index contributed by atoms with van der Waals surface area (Å²) >= 11 is 0. The summed E-state index contributed by atoms with van der Waals surface area (Å²) in [6.45, 7) is -0.613. The number of amides is 3. The van der Waals surface area contributed by atoms with Crippen LogP contribution in [0.3, 0.4) is 0 Å². The number of ketones is 1. The lowest BCUT2D eigenvalue weighted by molar-refractivity contribution is -0.408. The maximum Gasteiger partial charge on any atom is 0.364 e. The van der Waals surface area contributed by atoms with Crippen LogP contribution in [0.4, 0.5) is 0 Å². The van der Waals surface area contributed by atoms with Gasteiger partial charge in [-0.2, -0.15) is 0 Å². The molecule has 6 fully saturated rings. The van der Waals surface area contributed by atoms with Crippen molar-refractivity contribution in [1.29, 1.82) is 0 Å². The number of unbranched alkanes of at least 4 members (excludes halogenated alkanes) is 27. The van der Waals surface area contributed by atoms with Crippen molar-refractivity contribution >= 4 is 35.4 Å². The van der Waals surface area contributed by atoms with Crippen molar-refractivity contribution < 1.29 is 193 Å². The molecule has 6 rings (SSSR count).